The monoisotopic (exact) mass is 645 g/mol. The van der Waals surface area contributed by atoms with Gasteiger partial charge in [-0.1, -0.05) is 94.8 Å². The molecule has 1 atom stereocenters. The minimum atomic E-state index is -0.996. The molecular formula is C32H21Cl2N3O4S2. The number of nitrogens with zero attached hydrogens (tertiary/aromatic N) is 3. The van der Waals surface area contributed by atoms with Crippen LogP contribution in [0.15, 0.2) is 113 Å². The second kappa shape index (κ2) is 12.6. The maximum absolute atomic E-state index is 13.6. The predicted molar refractivity (Wildman–Crippen MR) is 170 cm³/mol. The van der Waals surface area contributed by atoms with Gasteiger partial charge in [0.05, 0.1) is 11.6 Å². The number of carbonyl (C=O) groups excluding carboxylic acids is 2. The molecule has 1 unspecified atom stereocenters. The lowest BCUT2D eigenvalue weighted by molar-refractivity contribution is -0.132. The summed E-state index contributed by atoms with van der Waals surface area (Å²) in [5.41, 5.74) is 1.75. The van der Waals surface area contributed by atoms with Crippen molar-refractivity contribution in [2.24, 2.45) is 0 Å². The van der Waals surface area contributed by atoms with Crippen molar-refractivity contribution in [1.82, 2.24) is 10.2 Å². The number of anilines is 1. The van der Waals surface area contributed by atoms with E-state index in [0.717, 1.165) is 5.56 Å². The highest BCUT2D eigenvalue weighted by molar-refractivity contribution is 8.00. The molecule has 7 nitrogen and oxygen atoms in total. The van der Waals surface area contributed by atoms with Gasteiger partial charge in [-0.2, -0.15) is 0 Å². The first-order chi connectivity index (χ1) is 20.9. The number of Topliss-reactive ketones (excluding diaryl/α,β-unsaturated/α-hetero) is 1. The number of aliphatic hydroxyl groups is 1. The van der Waals surface area contributed by atoms with E-state index in [2.05, 4.69) is 10.2 Å². The molecule has 0 saturated carbocycles. The second-order valence-corrected chi connectivity index (χ2v) is 12.4. The van der Waals surface area contributed by atoms with Gasteiger partial charge in [0.2, 0.25) is 5.13 Å². The number of aliphatic hydroxyl groups excluding tert-OH is 1. The molecule has 0 radical (unpaired) electrons. The van der Waals surface area contributed by atoms with Gasteiger partial charge < -0.3 is 9.84 Å². The van der Waals surface area contributed by atoms with Crippen molar-refractivity contribution in [3.05, 3.63) is 135 Å². The SMILES string of the molecule is O=C1C(=O)N(c2nnc(SCc3ccccc3Cl)s2)C(c2cccc(Oc3ccccc3)c2)/C1=C(/O)c1ccc(Cl)cc1. The Morgan fingerprint density at radius 1 is 0.884 bits per heavy atom. The van der Waals surface area contributed by atoms with E-state index < -0.39 is 17.7 Å². The molecule has 43 heavy (non-hydrogen) atoms. The summed E-state index contributed by atoms with van der Waals surface area (Å²) < 4.78 is 6.63. The number of benzene rings is 4. The molecule has 1 aliphatic rings. The Bertz CT molecular complexity index is 1850. The van der Waals surface area contributed by atoms with Crippen molar-refractivity contribution in [1.29, 1.82) is 0 Å². The van der Waals surface area contributed by atoms with E-state index in [1.165, 1.54) is 28.0 Å². The molecule has 2 heterocycles. The Labute approximate surface area is 265 Å². The standard InChI is InChI=1S/C32H21Cl2N3O4S2/c33-22-15-13-19(14-16-22)28(38)26-27(20-8-6-11-24(17-20)41-23-9-2-1-3-10-23)37(30(40)29(26)39)31-35-36-32(43-31)42-18-21-7-4-5-12-25(21)34/h1-17,27,38H,18H2/b28-26-. The summed E-state index contributed by atoms with van der Waals surface area (Å²) in [6.45, 7) is 0. The van der Waals surface area contributed by atoms with E-state index >= 15 is 0 Å². The highest BCUT2D eigenvalue weighted by atomic mass is 35.5. The van der Waals surface area contributed by atoms with Crippen LogP contribution in [0.2, 0.25) is 10.0 Å². The first-order valence-corrected chi connectivity index (χ1v) is 15.5. The van der Waals surface area contributed by atoms with Gasteiger partial charge in [0, 0.05) is 21.4 Å². The molecule has 0 spiro atoms. The summed E-state index contributed by atoms with van der Waals surface area (Å²) in [6, 6.07) is 29.2. The molecular weight excluding hydrogens is 625 g/mol. The average Bonchev–Trinajstić information content (AvgIpc) is 3.59. The number of hydrogen-bond donors (Lipinski definition) is 1. The van der Waals surface area contributed by atoms with Crippen LogP contribution in [0.4, 0.5) is 5.13 Å². The third-order valence-corrected chi connectivity index (χ3v) is 9.35. The summed E-state index contributed by atoms with van der Waals surface area (Å²) in [6.07, 6.45) is 0. The average molecular weight is 647 g/mol. The Morgan fingerprint density at radius 2 is 1.60 bits per heavy atom. The number of amides is 1. The van der Waals surface area contributed by atoms with E-state index in [-0.39, 0.29) is 16.5 Å². The summed E-state index contributed by atoms with van der Waals surface area (Å²) >= 11 is 15.0. The molecule has 5 aromatic rings. The lowest BCUT2D eigenvalue weighted by Crippen LogP contribution is -2.29. The van der Waals surface area contributed by atoms with Crippen LogP contribution >= 0.6 is 46.3 Å². The first-order valence-electron chi connectivity index (χ1n) is 13.0. The molecule has 1 fully saturated rings. The maximum Gasteiger partial charge on any atom is 0.301 e. The van der Waals surface area contributed by atoms with E-state index in [9.17, 15) is 14.7 Å². The van der Waals surface area contributed by atoms with Crippen molar-refractivity contribution in [2.45, 2.75) is 16.1 Å². The molecule has 0 aliphatic carbocycles. The van der Waals surface area contributed by atoms with Crippen LogP contribution in [-0.2, 0) is 15.3 Å². The highest BCUT2D eigenvalue weighted by Crippen LogP contribution is 2.45. The number of rotatable bonds is 8. The van der Waals surface area contributed by atoms with Crippen LogP contribution in [-0.4, -0.2) is 27.0 Å². The van der Waals surface area contributed by atoms with E-state index in [1.54, 1.807) is 48.5 Å². The zero-order chi connectivity index (χ0) is 29.9. The van der Waals surface area contributed by atoms with Crippen molar-refractivity contribution >= 4 is 68.9 Å². The third-order valence-electron chi connectivity index (χ3n) is 6.63. The van der Waals surface area contributed by atoms with Gasteiger partial charge in [-0.15, -0.1) is 10.2 Å². The zero-order valence-corrected chi connectivity index (χ0v) is 25.3. The van der Waals surface area contributed by atoms with Gasteiger partial charge in [0.15, 0.2) is 4.34 Å². The number of halogens is 2. The topological polar surface area (TPSA) is 92.6 Å². The van der Waals surface area contributed by atoms with Crippen molar-refractivity contribution in [3.8, 4) is 11.5 Å². The molecule has 4 aromatic carbocycles. The normalized spacial score (nSPS) is 16.0. The number of ketones is 1. The van der Waals surface area contributed by atoms with Gasteiger partial charge in [-0.25, -0.2) is 0 Å². The Kier molecular flexibility index (Phi) is 8.49. The van der Waals surface area contributed by atoms with E-state index in [4.69, 9.17) is 27.9 Å². The van der Waals surface area contributed by atoms with Crippen LogP contribution in [0.25, 0.3) is 5.76 Å². The Balaban J connectivity index is 1.40. The molecule has 1 amide bonds. The van der Waals surface area contributed by atoms with Crippen molar-refractivity contribution in [2.75, 3.05) is 4.90 Å². The molecule has 11 heteroatoms. The minimum Gasteiger partial charge on any atom is -0.507 e. The van der Waals surface area contributed by atoms with E-state index in [1.807, 2.05) is 54.6 Å². The summed E-state index contributed by atoms with van der Waals surface area (Å²) in [5, 5.41) is 21.3. The Morgan fingerprint density at radius 3 is 2.37 bits per heavy atom. The largest absolute Gasteiger partial charge is 0.507 e. The van der Waals surface area contributed by atoms with Gasteiger partial charge in [-0.3, -0.25) is 14.5 Å². The van der Waals surface area contributed by atoms with Gasteiger partial charge in [0.25, 0.3) is 5.78 Å². The minimum absolute atomic E-state index is 0.0790. The number of aromatic nitrogens is 2. The molecule has 214 valence electrons. The zero-order valence-electron chi connectivity index (χ0n) is 22.2. The van der Waals surface area contributed by atoms with Crippen LogP contribution in [0.1, 0.15) is 22.7 Å². The van der Waals surface area contributed by atoms with Gasteiger partial charge in [0.1, 0.15) is 17.3 Å². The fourth-order valence-corrected chi connectivity index (χ4v) is 6.87. The molecule has 1 aromatic heterocycles. The molecule has 0 bridgehead atoms. The van der Waals surface area contributed by atoms with Crippen molar-refractivity contribution in [3.63, 3.8) is 0 Å². The summed E-state index contributed by atoms with van der Waals surface area (Å²) in [7, 11) is 0. The van der Waals surface area contributed by atoms with Crippen LogP contribution in [0.3, 0.4) is 0 Å². The summed E-state index contributed by atoms with van der Waals surface area (Å²) in [5.74, 6) is -0.324. The van der Waals surface area contributed by atoms with Crippen LogP contribution in [0.5, 0.6) is 11.5 Å². The molecule has 1 saturated heterocycles. The smallest absolute Gasteiger partial charge is 0.301 e. The lowest BCUT2D eigenvalue weighted by Gasteiger charge is -2.23. The maximum atomic E-state index is 13.6. The van der Waals surface area contributed by atoms with Gasteiger partial charge in [-0.05, 0) is 65.7 Å². The number of thioether (sulfide) groups is 1. The third kappa shape index (κ3) is 6.16. The lowest BCUT2D eigenvalue weighted by atomic mass is 9.95. The highest BCUT2D eigenvalue weighted by Gasteiger charge is 2.48. The van der Waals surface area contributed by atoms with Crippen molar-refractivity contribution < 1.29 is 19.4 Å². The summed E-state index contributed by atoms with van der Waals surface area (Å²) in [4.78, 5) is 28.4. The predicted octanol–water partition coefficient (Wildman–Crippen LogP) is 8.56. The fourth-order valence-electron chi connectivity index (χ4n) is 4.59. The molecule has 1 aliphatic heterocycles. The molecule has 6 rings (SSSR count). The first kappa shape index (κ1) is 28.9. The Hall–Kier alpha value is -4.15. The quantitative estimate of drug-likeness (QED) is 0.0594. The van der Waals surface area contributed by atoms with Crippen LogP contribution < -0.4 is 9.64 Å². The fraction of sp³-hybridized carbons (Fsp3) is 0.0625. The second-order valence-electron chi connectivity index (χ2n) is 9.39. The molecule has 1 N–H and O–H groups in total. The number of hydrogen-bond acceptors (Lipinski definition) is 8. The number of para-hydroxylation sites is 1. The van der Waals surface area contributed by atoms with Gasteiger partial charge >= 0.3 is 5.91 Å². The van der Waals surface area contributed by atoms with Crippen LogP contribution in [0, 0.1) is 0 Å². The van der Waals surface area contributed by atoms with E-state index in [0.29, 0.717) is 42.8 Å². The number of carbonyl (C=O) groups is 2. The number of ether oxygens (including phenoxy) is 1.